The van der Waals surface area contributed by atoms with Crippen LogP contribution in [0.3, 0.4) is 0 Å². The van der Waals surface area contributed by atoms with Crippen molar-refractivity contribution in [3.63, 3.8) is 0 Å². The number of anilines is 1. The van der Waals surface area contributed by atoms with Gasteiger partial charge in [0.05, 0.1) is 17.5 Å². The molecule has 0 unspecified atom stereocenters. The summed E-state index contributed by atoms with van der Waals surface area (Å²) in [5.41, 5.74) is 2.31. The Labute approximate surface area is 175 Å². The number of carbonyl (C=O) groups is 4. The van der Waals surface area contributed by atoms with Crippen LogP contribution in [0.15, 0.2) is 48.5 Å². The predicted molar refractivity (Wildman–Crippen MR) is 111 cm³/mol. The molecule has 3 rings (SSSR count). The second kappa shape index (κ2) is 8.90. The summed E-state index contributed by atoms with van der Waals surface area (Å²) >= 11 is 0. The zero-order chi connectivity index (χ0) is 21.8. The van der Waals surface area contributed by atoms with E-state index < -0.39 is 29.8 Å². The van der Waals surface area contributed by atoms with E-state index in [2.05, 4.69) is 5.32 Å². The summed E-state index contributed by atoms with van der Waals surface area (Å²) in [6.45, 7) is 5.42. The van der Waals surface area contributed by atoms with Gasteiger partial charge in [-0.25, -0.2) is 0 Å². The van der Waals surface area contributed by atoms with Gasteiger partial charge < -0.3 is 10.1 Å². The molecule has 0 saturated carbocycles. The number of hydrogen-bond donors (Lipinski definition) is 1. The number of ether oxygens (including phenoxy) is 1. The Morgan fingerprint density at radius 3 is 2.10 bits per heavy atom. The number of rotatable bonds is 7. The highest BCUT2D eigenvalue weighted by atomic mass is 16.5. The summed E-state index contributed by atoms with van der Waals surface area (Å²) in [7, 11) is 0. The van der Waals surface area contributed by atoms with E-state index in [0.29, 0.717) is 16.8 Å². The van der Waals surface area contributed by atoms with Crippen LogP contribution in [0.1, 0.15) is 59.4 Å². The van der Waals surface area contributed by atoms with Crippen LogP contribution in [0, 0.1) is 0 Å². The normalized spacial score (nSPS) is 13.9. The quantitative estimate of drug-likeness (QED) is 0.560. The first-order valence-corrected chi connectivity index (χ1v) is 9.84. The molecule has 1 atom stereocenters. The lowest BCUT2D eigenvalue weighted by molar-refractivity contribution is -0.153. The van der Waals surface area contributed by atoms with Gasteiger partial charge in [-0.1, -0.05) is 44.2 Å². The first-order chi connectivity index (χ1) is 14.3. The number of nitrogens with one attached hydrogen (secondary N) is 1. The number of amides is 3. The van der Waals surface area contributed by atoms with Gasteiger partial charge in [0.2, 0.25) is 0 Å². The summed E-state index contributed by atoms with van der Waals surface area (Å²) in [5.74, 6) is -1.75. The lowest BCUT2D eigenvalue weighted by Crippen LogP contribution is -2.34. The summed E-state index contributed by atoms with van der Waals surface area (Å²) in [6, 6.07) is 14.0. The second-order valence-corrected chi connectivity index (χ2v) is 7.42. The number of nitrogens with zero attached hydrogens (tertiary/aromatic N) is 1. The molecule has 1 aliphatic heterocycles. The second-order valence-electron chi connectivity index (χ2n) is 7.42. The van der Waals surface area contributed by atoms with Gasteiger partial charge in [-0.2, -0.15) is 0 Å². The lowest BCUT2D eigenvalue weighted by Gasteiger charge is -2.18. The highest BCUT2D eigenvalue weighted by Crippen LogP contribution is 2.24. The van der Waals surface area contributed by atoms with Gasteiger partial charge in [0, 0.05) is 12.2 Å². The summed E-state index contributed by atoms with van der Waals surface area (Å²) < 4.78 is 5.19. The minimum absolute atomic E-state index is 0.101. The third-order valence-electron chi connectivity index (χ3n) is 4.94. The molecule has 0 fully saturated rings. The number of para-hydroxylation sites is 1. The van der Waals surface area contributed by atoms with Crippen LogP contribution in [0.25, 0.3) is 0 Å². The molecule has 0 aromatic heterocycles. The van der Waals surface area contributed by atoms with Crippen molar-refractivity contribution in [3.8, 4) is 0 Å². The maximum Gasteiger partial charge on any atom is 0.308 e. The van der Waals surface area contributed by atoms with Gasteiger partial charge in [-0.05, 0) is 36.6 Å². The van der Waals surface area contributed by atoms with Crippen molar-refractivity contribution in [2.75, 3.05) is 11.9 Å². The Balaban J connectivity index is 1.54. The van der Waals surface area contributed by atoms with E-state index in [0.717, 1.165) is 10.5 Å². The Hall–Kier alpha value is -3.48. The predicted octanol–water partition coefficient (Wildman–Crippen LogP) is 3.37. The third-order valence-corrected chi connectivity index (χ3v) is 4.94. The van der Waals surface area contributed by atoms with Crippen LogP contribution in [-0.2, 0) is 14.3 Å². The van der Waals surface area contributed by atoms with Crippen LogP contribution in [0.2, 0.25) is 0 Å². The van der Waals surface area contributed by atoms with Crippen LogP contribution >= 0.6 is 0 Å². The van der Waals surface area contributed by atoms with E-state index in [4.69, 9.17) is 4.74 Å². The topological polar surface area (TPSA) is 92.8 Å². The van der Waals surface area contributed by atoms with Crippen molar-refractivity contribution in [2.24, 2.45) is 0 Å². The molecule has 7 heteroatoms. The molecule has 7 nitrogen and oxygen atoms in total. The summed E-state index contributed by atoms with van der Waals surface area (Å²) in [5, 5.41) is 2.79. The fourth-order valence-corrected chi connectivity index (χ4v) is 3.30. The molecule has 0 bridgehead atoms. The van der Waals surface area contributed by atoms with Gasteiger partial charge in [0.15, 0.2) is 6.10 Å². The van der Waals surface area contributed by atoms with Gasteiger partial charge in [0.1, 0.15) is 0 Å². The molecule has 0 saturated heterocycles. The molecule has 1 N–H and O–H groups in total. The Morgan fingerprint density at radius 2 is 1.50 bits per heavy atom. The first-order valence-electron chi connectivity index (χ1n) is 9.84. The fraction of sp³-hybridized carbons (Fsp3) is 0.304. The molecular formula is C23H24N2O5. The minimum Gasteiger partial charge on any atom is -0.452 e. The molecule has 0 radical (unpaired) electrons. The zero-order valence-corrected chi connectivity index (χ0v) is 17.2. The number of carbonyl (C=O) groups excluding carboxylic acids is 4. The third kappa shape index (κ3) is 4.40. The lowest BCUT2D eigenvalue weighted by atomic mass is 10.0. The largest absolute Gasteiger partial charge is 0.452 e. The molecule has 156 valence electrons. The van der Waals surface area contributed by atoms with Gasteiger partial charge >= 0.3 is 5.97 Å². The van der Waals surface area contributed by atoms with Crippen molar-refractivity contribution in [3.05, 3.63) is 65.2 Å². The van der Waals surface area contributed by atoms with E-state index in [1.165, 1.54) is 6.92 Å². The number of imide groups is 1. The molecule has 0 aliphatic carbocycles. The van der Waals surface area contributed by atoms with Crippen LogP contribution < -0.4 is 5.32 Å². The molecule has 30 heavy (non-hydrogen) atoms. The van der Waals surface area contributed by atoms with Crippen molar-refractivity contribution in [1.29, 1.82) is 0 Å². The van der Waals surface area contributed by atoms with Crippen molar-refractivity contribution >= 4 is 29.4 Å². The fourth-order valence-electron chi connectivity index (χ4n) is 3.30. The average molecular weight is 408 g/mol. The van der Waals surface area contributed by atoms with E-state index in [1.807, 2.05) is 32.0 Å². The molecular weight excluding hydrogens is 384 g/mol. The number of esters is 1. The van der Waals surface area contributed by atoms with Crippen LogP contribution in [0.4, 0.5) is 5.69 Å². The average Bonchev–Trinajstić information content (AvgIpc) is 2.97. The smallest absolute Gasteiger partial charge is 0.308 e. The van der Waals surface area contributed by atoms with Gasteiger partial charge in [-0.3, -0.25) is 24.1 Å². The Morgan fingerprint density at radius 1 is 0.933 bits per heavy atom. The summed E-state index contributed by atoms with van der Waals surface area (Å²) in [6.07, 6.45) is -1.20. The SMILES string of the molecule is CC(C)c1ccccc1NC(=O)[C@H](C)OC(=O)CCN1C(=O)c2ccccc2C1=O. The minimum atomic E-state index is -1.01. The molecule has 3 amide bonds. The molecule has 2 aromatic carbocycles. The summed E-state index contributed by atoms with van der Waals surface area (Å²) in [4.78, 5) is 50.3. The van der Waals surface area contributed by atoms with E-state index in [1.54, 1.807) is 30.3 Å². The van der Waals surface area contributed by atoms with E-state index in [-0.39, 0.29) is 18.9 Å². The van der Waals surface area contributed by atoms with Gasteiger partial charge in [-0.15, -0.1) is 0 Å². The van der Waals surface area contributed by atoms with E-state index in [9.17, 15) is 19.2 Å². The van der Waals surface area contributed by atoms with E-state index >= 15 is 0 Å². The maximum absolute atomic E-state index is 12.4. The molecule has 2 aromatic rings. The highest BCUT2D eigenvalue weighted by molar-refractivity contribution is 6.21. The molecule has 0 spiro atoms. The maximum atomic E-state index is 12.4. The Kier molecular flexibility index (Phi) is 6.30. The van der Waals surface area contributed by atoms with Crippen molar-refractivity contribution < 1.29 is 23.9 Å². The number of benzene rings is 2. The Bertz CT molecular complexity index is 964. The van der Waals surface area contributed by atoms with Gasteiger partial charge in [0.25, 0.3) is 17.7 Å². The highest BCUT2D eigenvalue weighted by Gasteiger charge is 2.35. The first kappa shape index (κ1) is 21.2. The van der Waals surface area contributed by atoms with Crippen molar-refractivity contribution in [1.82, 2.24) is 4.90 Å². The number of fused-ring (bicyclic) bond motifs is 1. The molecule has 1 aliphatic rings. The van der Waals surface area contributed by atoms with Crippen LogP contribution in [0.5, 0.6) is 0 Å². The standard InChI is InChI=1S/C23H24N2O5/c1-14(2)16-8-6-7-11-19(16)24-21(27)15(3)30-20(26)12-13-25-22(28)17-9-4-5-10-18(17)23(25)29/h4-11,14-15H,12-13H2,1-3H3,(H,24,27)/t15-/m0/s1. The number of hydrogen-bond acceptors (Lipinski definition) is 5. The van der Waals surface area contributed by atoms with Crippen molar-refractivity contribution in [2.45, 2.75) is 39.2 Å². The molecule has 1 heterocycles. The van der Waals surface area contributed by atoms with Crippen LogP contribution in [-0.4, -0.2) is 41.2 Å². The monoisotopic (exact) mass is 408 g/mol. The zero-order valence-electron chi connectivity index (χ0n) is 17.2.